The summed E-state index contributed by atoms with van der Waals surface area (Å²) in [5.41, 5.74) is 7.78. The average molecular weight is 188 g/mol. The van der Waals surface area contributed by atoms with Crippen molar-refractivity contribution in [3.63, 3.8) is 0 Å². The van der Waals surface area contributed by atoms with Crippen LogP contribution in [0.2, 0.25) is 0 Å². The molecule has 2 aromatic rings. The minimum atomic E-state index is 0.548. The number of aromatic nitrogens is 3. The van der Waals surface area contributed by atoms with Crippen molar-refractivity contribution in [1.82, 2.24) is 14.5 Å². The molecule has 0 radical (unpaired) electrons. The predicted molar refractivity (Wildman–Crippen MR) is 54.7 cm³/mol. The zero-order chi connectivity index (χ0) is 9.97. The summed E-state index contributed by atoms with van der Waals surface area (Å²) in [6.07, 6.45) is 5.52. The fourth-order valence-electron chi connectivity index (χ4n) is 1.38. The fourth-order valence-corrected chi connectivity index (χ4v) is 1.38. The van der Waals surface area contributed by atoms with E-state index in [2.05, 4.69) is 9.97 Å². The molecule has 0 aliphatic carbocycles. The Morgan fingerprint density at radius 1 is 1.50 bits per heavy atom. The quantitative estimate of drug-likeness (QED) is 0.770. The summed E-state index contributed by atoms with van der Waals surface area (Å²) in [6, 6.07) is 3.93. The first-order valence-corrected chi connectivity index (χ1v) is 4.44. The van der Waals surface area contributed by atoms with Crippen LogP contribution in [0.15, 0.2) is 30.7 Å². The minimum absolute atomic E-state index is 0.548. The molecule has 0 aromatic carbocycles. The van der Waals surface area contributed by atoms with Gasteiger partial charge in [0.15, 0.2) is 0 Å². The third-order valence-electron chi connectivity index (χ3n) is 2.00. The molecule has 4 heteroatoms. The molecule has 0 spiro atoms. The molecule has 0 fully saturated rings. The molecular weight excluding hydrogens is 176 g/mol. The zero-order valence-electron chi connectivity index (χ0n) is 8.01. The van der Waals surface area contributed by atoms with Gasteiger partial charge in [0.05, 0.1) is 12.2 Å². The Balaban J connectivity index is 2.23. The largest absolute Gasteiger partial charge is 0.369 e. The molecule has 0 saturated heterocycles. The number of hydrogen-bond acceptors (Lipinski definition) is 3. The van der Waals surface area contributed by atoms with Crippen molar-refractivity contribution in [2.45, 2.75) is 13.5 Å². The summed E-state index contributed by atoms with van der Waals surface area (Å²) >= 11 is 0. The first-order valence-electron chi connectivity index (χ1n) is 4.44. The zero-order valence-corrected chi connectivity index (χ0v) is 8.01. The standard InChI is InChI=1S/C10H12N4/c1-8-6-14(10(11)13-8)7-9-3-2-4-12-5-9/h2-6H,7H2,1H3,(H2,11,13). The maximum Gasteiger partial charge on any atom is 0.200 e. The SMILES string of the molecule is Cc1cn(Cc2cccnc2)c(N)n1. The molecule has 4 nitrogen and oxygen atoms in total. The van der Waals surface area contributed by atoms with Crippen LogP contribution in [-0.2, 0) is 6.54 Å². The van der Waals surface area contributed by atoms with E-state index in [1.54, 1.807) is 6.20 Å². The Morgan fingerprint density at radius 3 is 2.93 bits per heavy atom. The van der Waals surface area contributed by atoms with Gasteiger partial charge in [0.2, 0.25) is 5.95 Å². The molecular formula is C10H12N4. The van der Waals surface area contributed by atoms with E-state index in [0.717, 1.165) is 17.8 Å². The van der Waals surface area contributed by atoms with Crippen LogP contribution in [0.4, 0.5) is 5.95 Å². The molecule has 0 saturated carbocycles. The molecule has 0 aliphatic rings. The van der Waals surface area contributed by atoms with Gasteiger partial charge in [-0.05, 0) is 18.6 Å². The normalized spacial score (nSPS) is 10.4. The summed E-state index contributed by atoms with van der Waals surface area (Å²) in [5, 5.41) is 0. The van der Waals surface area contributed by atoms with Crippen LogP contribution in [0.1, 0.15) is 11.3 Å². The van der Waals surface area contributed by atoms with E-state index in [9.17, 15) is 0 Å². The van der Waals surface area contributed by atoms with E-state index in [1.165, 1.54) is 0 Å². The summed E-state index contributed by atoms with van der Waals surface area (Å²) in [6.45, 7) is 2.65. The third kappa shape index (κ3) is 1.74. The van der Waals surface area contributed by atoms with Crippen LogP contribution >= 0.6 is 0 Å². The number of nitrogens with two attached hydrogens (primary N) is 1. The first kappa shape index (κ1) is 8.74. The summed E-state index contributed by atoms with van der Waals surface area (Å²) in [7, 11) is 0. The number of imidazole rings is 1. The Labute approximate surface area is 82.4 Å². The number of rotatable bonds is 2. The number of nitrogen functional groups attached to an aromatic ring is 1. The Bertz CT molecular complexity index is 419. The average Bonchev–Trinajstić information content (AvgIpc) is 2.47. The van der Waals surface area contributed by atoms with Crippen LogP contribution < -0.4 is 5.73 Å². The van der Waals surface area contributed by atoms with Gasteiger partial charge in [-0.3, -0.25) is 4.98 Å². The molecule has 0 unspecified atom stereocenters. The highest BCUT2D eigenvalue weighted by Crippen LogP contribution is 2.07. The van der Waals surface area contributed by atoms with Gasteiger partial charge < -0.3 is 10.3 Å². The molecule has 2 aromatic heterocycles. The topological polar surface area (TPSA) is 56.7 Å². The highest BCUT2D eigenvalue weighted by Gasteiger charge is 2.01. The van der Waals surface area contributed by atoms with E-state index in [0.29, 0.717) is 5.95 Å². The minimum Gasteiger partial charge on any atom is -0.369 e. The highest BCUT2D eigenvalue weighted by molar-refractivity contribution is 5.23. The summed E-state index contributed by atoms with van der Waals surface area (Å²) in [4.78, 5) is 8.17. The van der Waals surface area contributed by atoms with Crippen molar-refractivity contribution in [1.29, 1.82) is 0 Å². The fraction of sp³-hybridized carbons (Fsp3) is 0.200. The lowest BCUT2D eigenvalue weighted by atomic mass is 10.3. The summed E-state index contributed by atoms with van der Waals surface area (Å²) in [5.74, 6) is 0.548. The molecule has 72 valence electrons. The second-order valence-corrected chi connectivity index (χ2v) is 3.23. The van der Waals surface area contributed by atoms with Crippen LogP contribution in [0.5, 0.6) is 0 Å². The number of hydrogen-bond donors (Lipinski definition) is 1. The smallest absolute Gasteiger partial charge is 0.200 e. The van der Waals surface area contributed by atoms with E-state index < -0.39 is 0 Å². The van der Waals surface area contributed by atoms with Gasteiger partial charge in [0.1, 0.15) is 0 Å². The number of anilines is 1. The first-order chi connectivity index (χ1) is 6.75. The van der Waals surface area contributed by atoms with Crippen molar-refractivity contribution in [2.24, 2.45) is 0 Å². The van der Waals surface area contributed by atoms with Crippen LogP contribution in [0.3, 0.4) is 0 Å². The second-order valence-electron chi connectivity index (χ2n) is 3.23. The maximum absolute atomic E-state index is 5.72. The van der Waals surface area contributed by atoms with Crippen molar-refractivity contribution in [2.75, 3.05) is 5.73 Å². The van der Waals surface area contributed by atoms with Gasteiger partial charge in [0.25, 0.3) is 0 Å². The third-order valence-corrected chi connectivity index (χ3v) is 2.00. The van der Waals surface area contributed by atoms with Gasteiger partial charge in [-0.2, -0.15) is 0 Å². The van der Waals surface area contributed by atoms with Gasteiger partial charge >= 0.3 is 0 Å². The predicted octanol–water partition coefficient (Wildman–Crippen LogP) is 1.22. The number of aryl methyl sites for hydroxylation is 1. The van der Waals surface area contributed by atoms with E-state index in [4.69, 9.17) is 5.73 Å². The molecule has 0 atom stereocenters. The maximum atomic E-state index is 5.72. The molecule has 2 rings (SSSR count). The molecule has 0 aliphatic heterocycles. The van der Waals surface area contributed by atoms with Crippen molar-refractivity contribution >= 4 is 5.95 Å². The Kier molecular flexibility index (Phi) is 2.18. The van der Waals surface area contributed by atoms with Gasteiger partial charge in [-0.1, -0.05) is 6.07 Å². The van der Waals surface area contributed by atoms with Crippen LogP contribution in [0.25, 0.3) is 0 Å². The lowest BCUT2D eigenvalue weighted by Gasteiger charge is -2.03. The van der Waals surface area contributed by atoms with Gasteiger partial charge in [-0.25, -0.2) is 4.98 Å². The van der Waals surface area contributed by atoms with Crippen LogP contribution in [-0.4, -0.2) is 14.5 Å². The van der Waals surface area contributed by atoms with Crippen molar-refractivity contribution < 1.29 is 0 Å². The monoisotopic (exact) mass is 188 g/mol. The van der Waals surface area contributed by atoms with Crippen molar-refractivity contribution in [3.8, 4) is 0 Å². The number of pyridine rings is 1. The molecule has 2 heterocycles. The summed E-state index contributed by atoms with van der Waals surface area (Å²) < 4.78 is 1.91. The molecule has 14 heavy (non-hydrogen) atoms. The Morgan fingerprint density at radius 2 is 2.36 bits per heavy atom. The molecule has 0 bridgehead atoms. The van der Waals surface area contributed by atoms with Gasteiger partial charge in [-0.15, -0.1) is 0 Å². The Hall–Kier alpha value is -1.84. The molecule has 2 N–H and O–H groups in total. The van der Waals surface area contributed by atoms with E-state index in [-0.39, 0.29) is 0 Å². The second kappa shape index (κ2) is 3.49. The number of nitrogens with zero attached hydrogens (tertiary/aromatic N) is 3. The van der Waals surface area contributed by atoms with E-state index >= 15 is 0 Å². The van der Waals surface area contributed by atoms with Gasteiger partial charge in [0, 0.05) is 18.6 Å². The highest BCUT2D eigenvalue weighted by atomic mass is 15.1. The lowest BCUT2D eigenvalue weighted by Crippen LogP contribution is -2.03. The van der Waals surface area contributed by atoms with E-state index in [1.807, 2.05) is 36.0 Å². The van der Waals surface area contributed by atoms with Crippen molar-refractivity contribution in [3.05, 3.63) is 42.0 Å². The lowest BCUT2D eigenvalue weighted by molar-refractivity contribution is 0.806. The molecule has 0 amide bonds. The van der Waals surface area contributed by atoms with Crippen LogP contribution in [0, 0.1) is 6.92 Å².